The zero-order valence-corrected chi connectivity index (χ0v) is 18.3. The minimum absolute atomic E-state index is 0.164. The lowest BCUT2D eigenvalue weighted by atomic mass is 9.79. The van der Waals surface area contributed by atoms with E-state index in [2.05, 4.69) is 16.1 Å². The fraction of sp³-hybridized carbons (Fsp3) is 0.407. The van der Waals surface area contributed by atoms with Crippen molar-refractivity contribution in [1.29, 1.82) is 0 Å². The molecule has 0 saturated heterocycles. The number of hydrogen-bond acceptors (Lipinski definition) is 4. The number of carbonyl (C=O) groups is 1. The number of nitrogens with zero attached hydrogens (tertiary/aromatic N) is 2. The highest BCUT2D eigenvalue weighted by molar-refractivity contribution is 5.90. The molecular formula is C27H29FN2O2. The van der Waals surface area contributed by atoms with Crippen LogP contribution >= 0.6 is 0 Å². The van der Waals surface area contributed by atoms with Crippen LogP contribution in [0.25, 0.3) is 16.5 Å². The summed E-state index contributed by atoms with van der Waals surface area (Å²) in [5.74, 6) is 0.110. The van der Waals surface area contributed by atoms with Crippen molar-refractivity contribution < 1.29 is 13.6 Å². The second-order valence-electron chi connectivity index (χ2n) is 9.07. The van der Waals surface area contributed by atoms with Crippen LogP contribution in [0.1, 0.15) is 62.1 Å². The average molecular weight is 433 g/mol. The molecule has 0 bridgehead atoms. The first-order valence-corrected chi connectivity index (χ1v) is 11.8. The van der Waals surface area contributed by atoms with E-state index in [-0.39, 0.29) is 17.7 Å². The van der Waals surface area contributed by atoms with Crippen LogP contribution in [0.3, 0.4) is 0 Å². The summed E-state index contributed by atoms with van der Waals surface area (Å²) in [4.78, 5) is 20.2. The smallest absolute Gasteiger partial charge is 0.145 e. The molecule has 1 unspecified atom stereocenters. The molecule has 32 heavy (non-hydrogen) atoms. The van der Waals surface area contributed by atoms with Crippen molar-refractivity contribution in [2.75, 3.05) is 13.1 Å². The van der Waals surface area contributed by atoms with Crippen molar-refractivity contribution in [3.8, 4) is 0 Å². The summed E-state index contributed by atoms with van der Waals surface area (Å²) in [7, 11) is 0. The van der Waals surface area contributed by atoms with Crippen LogP contribution in [0.2, 0.25) is 0 Å². The van der Waals surface area contributed by atoms with Gasteiger partial charge < -0.3 is 9.32 Å². The van der Waals surface area contributed by atoms with Crippen LogP contribution in [0.4, 0.5) is 4.39 Å². The van der Waals surface area contributed by atoms with Crippen molar-refractivity contribution in [2.24, 2.45) is 5.92 Å². The van der Waals surface area contributed by atoms with E-state index in [1.54, 1.807) is 24.6 Å². The summed E-state index contributed by atoms with van der Waals surface area (Å²) >= 11 is 0. The highest BCUT2D eigenvalue weighted by Crippen LogP contribution is 2.34. The van der Waals surface area contributed by atoms with E-state index in [1.807, 2.05) is 18.2 Å². The summed E-state index contributed by atoms with van der Waals surface area (Å²) in [5.41, 5.74) is 3.52. The van der Waals surface area contributed by atoms with Crippen LogP contribution in [-0.2, 0) is 4.79 Å². The molecule has 1 atom stereocenters. The monoisotopic (exact) mass is 432 g/mol. The molecule has 2 aliphatic rings. The third-order valence-corrected chi connectivity index (χ3v) is 6.97. The second kappa shape index (κ2) is 9.27. The minimum Gasteiger partial charge on any atom is -0.464 e. The predicted molar refractivity (Wildman–Crippen MR) is 124 cm³/mol. The molecule has 4 nitrogen and oxygen atoms in total. The Hall–Kier alpha value is -2.95. The Bertz CT molecular complexity index is 1120. The topological polar surface area (TPSA) is 46.3 Å². The molecule has 5 rings (SSSR count). The van der Waals surface area contributed by atoms with Gasteiger partial charge in [0.25, 0.3) is 0 Å². The minimum atomic E-state index is -0.249. The van der Waals surface area contributed by atoms with Crippen LogP contribution < -0.4 is 0 Å². The van der Waals surface area contributed by atoms with Gasteiger partial charge in [-0.05, 0) is 61.6 Å². The van der Waals surface area contributed by atoms with Gasteiger partial charge in [0.05, 0.1) is 17.9 Å². The van der Waals surface area contributed by atoms with Crippen molar-refractivity contribution in [3.63, 3.8) is 0 Å². The first-order valence-electron chi connectivity index (χ1n) is 11.8. The number of aromatic nitrogens is 1. The zero-order chi connectivity index (χ0) is 21.9. The normalized spacial score (nSPS) is 18.2. The van der Waals surface area contributed by atoms with E-state index in [1.165, 1.54) is 12.5 Å². The second-order valence-corrected chi connectivity index (χ2v) is 9.07. The number of halogens is 1. The Labute approximate surface area is 188 Å². The average Bonchev–Trinajstić information content (AvgIpc) is 3.49. The maximum atomic E-state index is 14.1. The van der Waals surface area contributed by atoms with Crippen molar-refractivity contribution in [1.82, 2.24) is 9.88 Å². The maximum Gasteiger partial charge on any atom is 0.145 e. The molecule has 1 aliphatic heterocycles. The lowest BCUT2D eigenvalue weighted by Gasteiger charge is -2.26. The summed E-state index contributed by atoms with van der Waals surface area (Å²) < 4.78 is 19.7. The van der Waals surface area contributed by atoms with E-state index in [0.29, 0.717) is 5.78 Å². The van der Waals surface area contributed by atoms with Crippen molar-refractivity contribution in [3.05, 3.63) is 72.1 Å². The molecule has 5 heteroatoms. The van der Waals surface area contributed by atoms with Crippen LogP contribution in [0.5, 0.6) is 0 Å². The summed E-state index contributed by atoms with van der Waals surface area (Å²) in [6.07, 6.45) is 12.6. The Balaban J connectivity index is 1.33. The van der Waals surface area contributed by atoms with Gasteiger partial charge in [0.15, 0.2) is 0 Å². The number of carbonyl (C=O) groups excluding carboxylic acids is 1. The van der Waals surface area contributed by atoms with E-state index < -0.39 is 0 Å². The molecule has 2 aromatic heterocycles. The van der Waals surface area contributed by atoms with Gasteiger partial charge in [-0.2, -0.15) is 0 Å². The van der Waals surface area contributed by atoms with Gasteiger partial charge in [0, 0.05) is 42.4 Å². The molecule has 3 aromatic rings. The van der Waals surface area contributed by atoms with Crippen LogP contribution in [-0.4, -0.2) is 28.8 Å². The van der Waals surface area contributed by atoms with Gasteiger partial charge in [0.1, 0.15) is 17.2 Å². The number of furan rings is 1. The number of Topliss-reactive ketones (excluding diaryl/α,β-unsaturated/α-hetero) is 1. The number of fused-ring (bicyclic) bond motifs is 1. The van der Waals surface area contributed by atoms with Crippen molar-refractivity contribution in [2.45, 2.75) is 50.9 Å². The van der Waals surface area contributed by atoms with Crippen LogP contribution in [0.15, 0.2) is 59.5 Å². The van der Waals surface area contributed by atoms with Crippen LogP contribution in [0, 0.1) is 11.7 Å². The Morgan fingerprint density at radius 3 is 2.88 bits per heavy atom. The molecule has 0 radical (unpaired) electrons. The molecule has 1 saturated carbocycles. The largest absolute Gasteiger partial charge is 0.464 e. The molecule has 1 aliphatic carbocycles. The fourth-order valence-electron chi connectivity index (χ4n) is 5.26. The maximum absolute atomic E-state index is 14.1. The first-order chi connectivity index (χ1) is 15.7. The number of hydrogen-bond donors (Lipinski definition) is 0. The molecule has 0 amide bonds. The Kier molecular flexibility index (Phi) is 6.06. The lowest BCUT2D eigenvalue weighted by molar-refractivity contribution is -0.125. The molecule has 3 heterocycles. The number of pyridine rings is 1. The standard InChI is InChI=1S/C27H29FN2O2/c28-22-16-20-11-15-32-27(20)24(17-22)21-9-13-30(18-21)14-10-23(25-8-4-5-12-29-25)26(31)19-6-2-1-3-7-19/h4-5,8,11-12,15-19,23H,1-3,6-7,9-10,13-14H2. The van der Waals surface area contributed by atoms with E-state index in [9.17, 15) is 9.18 Å². The molecular weight excluding hydrogens is 403 g/mol. The molecule has 166 valence electrons. The summed E-state index contributed by atoms with van der Waals surface area (Å²) in [5, 5.41) is 0.785. The molecule has 0 N–H and O–H groups in total. The lowest BCUT2D eigenvalue weighted by Crippen LogP contribution is -2.28. The summed E-state index contributed by atoms with van der Waals surface area (Å²) in [6.45, 7) is 1.64. The third-order valence-electron chi connectivity index (χ3n) is 6.97. The summed E-state index contributed by atoms with van der Waals surface area (Å²) in [6, 6.07) is 10.7. The fourth-order valence-corrected chi connectivity index (χ4v) is 5.26. The first kappa shape index (κ1) is 20.9. The van der Waals surface area contributed by atoms with Gasteiger partial charge in [-0.25, -0.2) is 4.39 Å². The zero-order valence-electron chi connectivity index (χ0n) is 18.3. The quantitative estimate of drug-likeness (QED) is 0.437. The Morgan fingerprint density at radius 1 is 1.19 bits per heavy atom. The van der Waals surface area contributed by atoms with Gasteiger partial charge in [-0.1, -0.05) is 25.3 Å². The number of ketones is 1. The molecule has 0 spiro atoms. The molecule has 1 fully saturated rings. The van der Waals surface area contributed by atoms with Gasteiger partial charge >= 0.3 is 0 Å². The Morgan fingerprint density at radius 2 is 2.06 bits per heavy atom. The van der Waals surface area contributed by atoms with Gasteiger partial charge in [-0.3, -0.25) is 9.78 Å². The third kappa shape index (κ3) is 4.34. The van der Waals surface area contributed by atoms with Gasteiger partial charge in [0.2, 0.25) is 0 Å². The highest BCUT2D eigenvalue weighted by Gasteiger charge is 2.30. The number of rotatable bonds is 7. The molecule has 1 aromatic carbocycles. The SMILES string of the molecule is O=C(C1CCCCC1)C(CCN1C=C(c2cc(F)cc3ccoc23)CC1)c1ccccn1. The van der Waals surface area contributed by atoms with E-state index in [4.69, 9.17) is 4.42 Å². The predicted octanol–water partition coefficient (Wildman–Crippen LogP) is 6.34. The number of benzene rings is 1. The highest BCUT2D eigenvalue weighted by atomic mass is 19.1. The van der Waals surface area contributed by atoms with Gasteiger partial charge in [-0.15, -0.1) is 0 Å². The van der Waals surface area contributed by atoms with E-state index in [0.717, 1.165) is 79.4 Å². The van der Waals surface area contributed by atoms with E-state index >= 15 is 0 Å². The van der Waals surface area contributed by atoms with Crippen molar-refractivity contribution >= 4 is 22.3 Å².